The van der Waals surface area contributed by atoms with E-state index >= 15 is 0 Å². The summed E-state index contributed by atoms with van der Waals surface area (Å²) in [4.78, 5) is 13.3. The van der Waals surface area contributed by atoms with Gasteiger partial charge in [-0.2, -0.15) is 0 Å². The Morgan fingerprint density at radius 2 is 2.12 bits per heavy atom. The number of hydrogen-bond acceptors (Lipinski definition) is 2. The molecule has 1 amide bonds. The summed E-state index contributed by atoms with van der Waals surface area (Å²) in [7, 11) is 0. The number of ether oxygens (including phenoxy) is 1. The zero-order valence-corrected chi connectivity index (χ0v) is 10.7. The SMILES string of the molecule is CCN1CC(c2ccc(Br)cc2)OCC1=O. The van der Waals surface area contributed by atoms with Gasteiger partial charge in [-0.3, -0.25) is 4.79 Å². The molecule has 4 heteroatoms. The molecule has 1 aliphatic rings. The van der Waals surface area contributed by atoms with E-state index in [1.165, 1.54) is 0 Å². The van der Waals surface area contributed by atoms with E-state index in [1.807, 2.05) is 36.1 Å². The molecule has 86 valence electrons. The van der Waals surface area contributed by atoms with Crippen molar-refractivity contribution in [2.75, 3.05) is 19.7 Å². The molecule has 1 aromatic rings. The molecule has 1 fully saturated rings. The number of halogens is 1. The van der Waals surface area contributed by atoms with Crippen LogP contribution in [0.25, 0.3) is 0 Å². The van der Waals surface area contributed by atoms with Gasteiger partial charge in [0.2, 0.25) is 5.91 Å². The van der Waals surface area contributed by atoms with E-state index in [1.54, 1.807) is 0 Å². The number of hydrogen-bond donors (Lipinski definition) is 0. The molecule has 1 aromatic carbocycles. The topological polar surface area (TPSA) is 29.5 Å². The lowest BCUT2D eigenvalue weighted by atomic mass is 10.1. The van der Waals surface area contributed by atoms with Crippen molar-refractivity contribution in [2.24, 2.45) is 0 Å². The van der Waals surface area contributed by atoms with Crippen LogP contribution in [-0.2, 0) is 9.53 Å². The molecule has 0 aromatic heterocycles. The first kappa shape index (κ1) is 11.6. The second-order valence-corrected chi connectivity index (χ2v) is 4.70. The van der Waals surface area contributed by atoms with Crippen molar-refractivity contribution in [2.45, 2.75) is 13.0 Å². The van der Waals surface area contributed by atoms with Crippen LogP contribution in [0.5, 0.6) is 0 Å². The normalized spacial score (nSPS) is 21.2. The predicted molar refractivity (Wildman–Crippen MR) is 65.1 cm³/mol. The first-order chi connectivity index (χ1) is 7.70. The summed E-state index contributed by atoms with van der Waals surface area (Å²) in [6, 6.07) is 8.04. The van der Waals surface area contributed by atoms with Crippen LogP contribution in [0.1, 0.15) is 18.6 Å². The molecular formula is C12H14BrNO2. The number of rotatable bonds is 2. The van der Waals surface area contributed by atoms with Crippen LogP contribution >= 0.6 is 15.9 Å². The van der Waals surface area contributed by atoms with E-state index in [0.717, 1.165) is 16.6 Å². The van der Waals surface area contributed by atoms with E-state index < -0.39 is 0 Å². The fraction of sp³-hybridized carbons (Fsp3) is 0.417. The number of amides is 1. The highest BCUT2D eigenvalue weighted by atomic mass is 79.9. The van der Waals surface area contributed by atoms with Gasteiger partial charge in [0.05, 0.1) is 6.54 Å². The van der Waals surface area contributed by atoms with Crippen LogP contribution in [0.4, 0.5) is 0 Å². The molecule has 2 rings (SSSR count). The molecule has 1 unspecified atom stereocenters. The van der Waals surface area contributed by atoms with E-state index in [0.29, 0.717) is 6.54 Å². The Balaban J connectivity index is 2.11. The molecule has 1 saturated heterocycles. The lowest BCUT2D eigenvalue weighted by Crippen LogP contribution is -2.42. The fourth-order valence-corrected chi connectivity index (χ4v) is 2.07. The Labute approximate surface area is 104 Å². The van der Waals surface area contributed by atoms with Crippen LogP contribution in [0.2, 0.25) is 0 Å². The molecule has 3 nitrogen and oxygen atoms in total. The van der Waals surface area contributed by atoms with Crippen LogP contribution in [0.3, 0.4) is 0 Å². The highest BCUT2D eigenvalue weighted by molar-refractivity contribution is 9.10. The maximum atomic E-state index is 11.4. The molecule has 1 atom stereocenters. The standard InChI is InChI=1S/C12H14BrNO2/c1-2-14-7-11(16-8-12(14)15)9-3-5-10(13)6-4-9/h3-6,11H,2,7-8H2,1H3. The molecule has 0 N–H and O–H groups in total. The van der Waals surface area contributed by atoms with Crippen molar-refractivity contribution in [1.29, 1.82) is 0 Å². The zero-order valence-electron chi connectivity index (χ0n) is 9.15. The number of nitrogens with zero attached hydrogens (tertiary/aromatic N) is 1. The molecule has 1 aliphatic heterocycles. The van der Waals surface area contributed by atoms with Crippen molar-refractivity contribution in [3.05, 3.63) is 34.3 Å². The van der Waals surface area contributed by atoms with E-state index in [9.17, 15) is 4.79 Å². The third-order valence-corrected chi connectivity index (χ3v) is 3.30. The van der Waals surface area contributed by atoms with Crippen LogP contribution in [0.15, 0.2) is 28.7 Å². The molecule has 0 radical (unpaired) electrons. The molecule has 1 heterocycles. The monoisotopic (exact) mass is 283 g/mol. The highest BCUT2D eigenvalue weighted by Crippen LogP contribution is 2.23. The highest BCUT2D eigenvalue weighted by Gasteiger charge is 2.25. The first-order valence-electron chi connectivity index (χ1n) is 5.35. The predicted octanol–water partition coefficient (Wildman–Crippen LogP) is 2.37. The van der Waals surface area contributed by atoms with Crippen molar-refractivity contribution in [1.82, 2.24) is 4.90 Å². The summed E-state index contributed by atoms with van der Waals surface area (Å²) in [5, 5.41) is 0. The number of morpholine rings is 1. The van der Waals surface area contributed by atoms with Crippen molar-refractivity contribution < 1.29 is 9.53 Å². The lowest BCUT2D eigenvalue weighted by Gasteiger charge is -2.32. The van der Waals surface area contributed by atoms with Crippen LogP contribution in [0, 0.1) is 0 Å². The fourth-order valence-electron chi connectivity index (χ4n) is 1.80. The maximum Gasteiger partial charge on any atom is 0.248 e. The van der Waals surface area contributed by atoms with E-state index in [4.69, 9.17) is 4.74 Å². The largest absolute Gasteiger partial charge is 0.362 e. The van der Waals surface area contributed by atoms with Gasteiger partial charge in [0.25, 0.3) is 0 Å². The van der Waals surface area contributed by atoms with Gasteiger partial charge < -0.3 is 9.64 Å². The van der Waals surface area contributed by atoms with Crippen molar-refractivity contribution >= 4 is 21.8 Å². The first-order valence-corrected chi connectivity index (χ1v) is 6.15. The zero-order chi connectivity index (χ0) is 11.5. The third-order valence-electron chi connectivity index (χ3n) is 2.77. The Kier molecular flexibility index (Phi) is 3.61. The Morgan fingerprint density at radius 1 is 1.44 bits per heavy atom. The molecule has 0 bridgehead atoms. The van der Waals surface area contributed by atoms with Crippen LogP contribution < -0.4 is 0 Å². The summed E-state index contributed by atoms with van der Waals surface area (Å²) >= 11 is 3.40. The minimum Gasteiger partial charge on any atom is -0.362 e. The van der Waals surface area contributed by atoms with Gasteiger partial charge in [-0.05, 0) is 24.6 Å². The number of carbonyl (C=O) groups is 1. The van der Waals surface area contributed by atoms with Crippen molar-refractivity contribution in [3.63, 3.8) is 0 Å². The summed E-state index contributed by atoms with van der Waals surface area (Å²) in [6.07, 6.45) is 0.00532. The van der Waals surface area contributed by atoms with E-state index in [2.05, 4.69) is 15.9 Å². The second-order valence-electron chi connectivity index (χ2n) is 3.78. The number of likely N-dealkylation sites (N-methyl/N-ethyl adjacent to an activating group) is 1. The van der Waals surface area contributed by atoms with E-state index in [-0.39, 0.29) is 18.6 Å². The van der Waals surface area contributed by atoms with Crippen LogP contribution in [-0.4, -0.2) is 30.5 Å². The average molecular weight is 284 g/mol. The van der Waals surface area contributed by atoms with Gasteiger partial charge in [0.1, 0.15) is 12.7 Å². The summed E-state index contributed by atoms with van der Waals surface area (Å²) in [6.45, 7) is 3.57. The lowest BCUT2D eigenvalue weighted by molar-refractivity contribution is -0.148. The summed E-state index contributed by atoms with van der Waals surface area (Å²) in [5.41, 5.74) is 1.12. The quantitative estimate of drug-likeness (QED) is 0.834. The van der Waals surface area contributed by atoms with Gasteiger partial charge in [0.15, 0.2) is 0 Å². The third kappa shape index (κ3) is 2.44. The molecule has 0 spiro atoms. The minimum atomic E-state index is 0.00532. The molecule has 16 heavy (non-hydrogen) atoms. The summed E-state index contributed by atoms with van der Waals surface area (Å²) < 4.78 is 6.59. The molecule has 0 saturated carbocycles. The summed E-state index contributed by atoms with van der Waals surface area (Å²) in [5.74, 6) is 0.0795. The number of benzene rings is 1. The average Bonchev–Trinajstić information content (AvgIpc) is 2.31. The maximum absolute atomic E-state index is 11.4. The van der Waals surface area contributed by atoms with Crippen molar-refractivity contribution in [3.8, 4) is 0 Å². The Bertz CT molecular complexity index is 377. The smallest absolute Gasteiger partial charge is 0.248 e. The van der Waals surface area contributed by atoms with Gasteiger partial charge in [-0.25, -0.2) is 0 Å². The molecule has 0 aliphatic carbocycles. The Morgan fingerprint density at radius 3 is 2.75 bits per heavy atom. The van der Waals surface area contributed by atoms with Gasteiger partial charge in [-0.15, -0.1) is 0 Å². The van der Waals surface area contributed by atoms with Gasteiger partial charge in [0, 0.05) is 11.0 Å². The molecular weight excluding hydrogens is 270 g/mol. The second kappa shape index (κ2) is 4.97. The number of carbonyl (C=O) groups excluding carboxylic acids is 1. The van der Waals surface area contributed by atoms with Gasteiger partial charge in [-0.1, -0.05) is 28.1 Å². The van der Waals surface area contributed by atoms with Gasteiger partial charge >= 0.3 is 0 Å². The Hall–Kier alpha value is -0.870. The minimum absolute atomic E-state index is 0.00532.